The summed E-state index contributed by atoms with van der Waals surface area (Å²) in [6.07, 6.45) is 0.715. The standard InChI is InChI=1S/C19H24N2O5/c1-4-7-21-18(22)16(13-5-6-14(24-2)15(12-13)25-3)17(19(21)23)20-8-10-26-11-9-20/h5-6,12H,4,7-11H2,1-3H3. The Bertz CT molecular complexity index is 737. The maximum atomic E-state index is 13.0. The molecule has 1 aromatic rings. The quantitative estimate of drug-likeness (QED) is 0.717. The molecule has 7 nitrogen and oxygen atoms in total. The van der Waals surface area contributed by atoms with Gasteiger partial charge in [0.1, 0.15) is 5.70 Å². The zero-order valence-electron chi connectivity index (χ0n) is 15.4. The molecule has 7 heteroatoms. The van der Waals surface area contributed by atoms with Crippen LogP contribution in [0.1, 0.15) is 18.9 Å². The van der Waals surface area contributed by atoms with E-state index in [0.717, 1.165) is 0 Å². The summed E-state index contributed by atoms with van der Waals surface area (Å²) in [6.45, 7) is 4.61. The molecule has 0 N–H and O–H groups in total. The first kappa shape index (κ1) is 18.3. The van der Waals surface area contributed by atoms with E-state index in [1.165, 1.54) is 4.90 Å². The average molecular weight is 360 g/mol. The molecule has 140 valence electrons. The van der Waals surface area contributed by atoms with E-state index < -0.39 is 0 Å². The van der Waals surface area contributed by atoms with Crippen molar-refractivity contribution < 1.29 is 23.8 Å². The lowest BCUT2D eigenvalue weighted by molar-refractivity contribution is -0.137. The molecule has 2 aliphatic rings. The van der Waals surface area contributed by atoms with Crippen LogP contribution in [0.25, 0.3) is 5.57 Å². The van der Waals surface area contributed by atoms with E-state index in [1.807, 2.05) is 11.8 Å². The monoisotopic (exact) mass is 360 g/mol. The van der Waals surface area contributed by atoms with Crippen LogP contribution in [0.2, 0.25) is 0 Å². The van der Waals surface area contributed by atoms with Crippen LogP contribution in [-0.2, 0) is 14.3 Å². The van der Waals surface area contributed by atoms with Crippen molar-refractivity contribution in [2.75, 3.05) is 47.1 Å². The van der Waals surface area contributed by atoms with Gasteiger partial charge in [-0.25, -0.2) is 0 Å². The first-order chi connectivity index (χ1) is 12.6. The number of nitrogens with zero attached hydrogens (tertiary/aromatic N) is 2. The van der Waals surface area contributed by atoms with Gasteiger partial charge < -0.3 is 19.1 Å². The fraction of sp³-hybridized carbons (Fsp3) is 0.474. The Hall–Kier alpha value is -2.54. The number of amides is 2. The highest BCUT2D eigenvalue weighted by molar-refractivity contribution is 6.35. The average Bonchev–Trinajstić information content (AvgIpc) is 2.93. The van der Waals surface area contributed by atoms with Gasteiger partial charge >= 0.3 is 0 Å². The molecule has 2 aliphatic heterocycles. The number of benzene rings is 1. The number of rotatable bonds is 6. The molecule has 0 bridgehead atoms. The van der Waals surface area contributed by atoms with Crippen molar-refractivity contribution in [3.63, 3.8) is 0 Å². The SMILES string of the molecule is CCCN1C(=O)C(c2ccc(OC)c(OC)c2)=C(N2CCOCC2)C1=O. The summed E-state index contributed by atoms with van der Waals surface area (Å²) in [6, 6.07) is 5.28. The molecule has 2 heterocycles. The van der Waals surface area contributed by atoms with Crippen molar-refractivity contribution in [1.29, 1.82) is 0 Å². The van der Waals surface area contributed by atoms with E-state index >= 15 is 0 Å². The molecule has 1 aromatic carbocycles. The number of imide groups is 1. The number of hydrogen-bond donors (Lipinski definition) is 0. The Morgan fingerprint density at radius 3 is 2.35 bits per heavy atom. The Balaban J connectivity index is 2.10. The van der Waals surface area contributed by atoms with E-state index in [0.29, 0.717) is 67.6 Å². The third-order valence-electron chi connectivity index (χ3n) is 4.59. The maximum Gasteiger partial charge on any atom is 0.277 e. The topological polar surface area (TPSA) is 68.3 Å². The predicted octanol–water partition coefficient (Wildman–Crippen LogP) is 1.53. The van der Waals surface area contributed by atoms with Gasteiger partial charge in [-0.1, -0.05) is 13.0 Å². The lowest BCUT2D eigenvalue weighted by Crippen LogP contribution is -2.40. The molecule has 0 atom stereocenters. The fourth-order valence-electron chi connectivity index (χ4n) is 3.32. The van der Waals surface area contributed by atoms with Crippen molar-refractivity contribution in [3.05, 3.63) is 29.5 Å². The summed E-state index contributed by atoms with van der Waals surface area (Å²) in [5.74, 6) is 0.606. The Labute approximate surface area is 153 Å². The molecule has 3 rings (SSSR count). The summed E-state index contributed by atoms with van der Waals surface area (Å²) in [5, 5.41) is 0. The van der Waals surface area contributed by atoms with Gasteiger partial charge in [-0.15, -0.1) is 0 Å². The van der Waals surface area contributed by atoms with Crippen LogP contribution in [0.15, 0.2) is 23.9 Å². The zero-order chi connectivity index (χ0) is 18.7. The van der Waals surface area contributed by atoms with Crippen molar-refractivity contribution in [2.45, 2.75) is 13.3 Å². The van der Waals surface area contributed by atoms with Crippen molar-refractivity contribution >= 4 is 17.4 Å². The number of morpholine rings is 1. The van der Waals surface area contributed by atoms with Crippen LogP contribution in [0.4, 0.5) is 0 Å². The molecule has 0 unspecified atom stereocenters. The van der Waals surface area contributed by atoms with Crippen LogP contribution in [0.5, 0.6) is 11.5 Å². The first-order valence-corrected chi connectivity index (χ1v) is 8.77. The van der Waals surface area contributed by atoms with Gasteiger partial charge in [-0.3, -0.25) is 14.5 Å². The third kappa shape index (κ3) is 3.14. The first-order valence-electron chi connectivity index (χ1n) is 8.77. The van der Waals surface area contributed by atoms with Crippen LogP contribution in [0.3, 0.4) is 0 Å². The second-order valence-corrected chi connectivity index (χ2v) is 6.15. The van der Waals surface area contributed by atoms with Gasteiger partial charge in [0.15, 0.2) is 11.5 Å². The third-order valence-corrected chi connectivity index (χ3v) is 4.59. The summed E-state index contributed by atoms with van der Waals surface area (Å²) >= 11 is 0. The lowest BCUT2D eigenvalue weighted by Gasteiger charge is -2.29. The molecular weight excluding hydrogens is 336 g/mol. The molecule has 1 fully saturated rings. The number of ether oxygens (including phenoxy) is 3. The van der Waals surface area contributed by atoms with Crippen LogP contribution in [-0.4, -0.2) is 68.7 Å². The minimum Gasteiger partial charge on any atom is -0.493 e. The highest BCUT2D eigenvalue weighted by atomic mass is 16.5. The smallest absolute Gasteiger partial charge is 0.277 e. The van der Waals surface area contributed by atoms with E-state index in [2.05, 4.69) is 0 Å². The van der Waals surface area contributed by atoms with Gasteiger partial charge in [-0.2, -0.15) is 0 Å². The number of carbonyl (C=O) groups is 2. The highest BCUT2D eigenvalue weighted by Gasteiger charge is 2.41. The van der Waals surface area contributed by atoms with Crippen molar-refractivity contribution in [1.82, 2.24) is 9.80 Å². The van der Waals surface area contributed by atoms with Crippen molar-refractivity contribution in [3.8, 4) is 11.5 Å². The van der Waals surface area contributed by atoms with E-state index in [-0.39, 0.29) is 11.8 Å². The molecule has 2 amide bonds. The molecule has 0 aliphatic carbocycles. The second kappa shape index (κ2) is 7.78. The lowest BCUT2D eigenvalue weighted by atomic mass is 10.0. The Kier molecular flexibility index (Phi) is 5.46. The molecule has 0 saturated carbocycles. The number of carbonyl (C=O) groups excluding carboxylic acids is 2. The Morgan fingerprint density at radius 1 is 1.04 bits per heavy atom. The van der Waals surface area contributed by atoms with Gasteiger partial charge in [-0.05, 0) is 24.1 Å². The van der Waals surface area contributed by atoms with Crippen LogP contribution in [0, 0.1) is 0 Å². The summed E-state index contributed by atoms with van der Waals surface area (Å²) in [4.78, 5) is 29.3. The fourth-order valence-corrected chi connectivity index (χ4v) is 3.32. The largest absolute Gasteiger partial charge is 0.493 e. The molecule has 1 saturated heterocycles. The number of hydrogen-bond acceptors (Lipinski definition) is 6. The van der Waals surface area contributed by atoms with Crippen LogP contribution >= 0.6 is 0 Å². The minimum atomic E-state index is -0.259. The molecule has 0 aromatic heterocycles. The van der Waals surface area contributed by atoms with Crippen molar-refractivity contribution in [2.24, 2.45) is 0 Å². The van der Waals surface area contributed by atoms with Gasteiger partial charge in [0.05, 0.1) is 33.0 Å². The van der Waals surface area contributed by atoms with Gasteiger partial charge in [0, 0.05) is 19.6 Å². The highest BCUT2D eigenvalue weighted by Crippen LogP contribution is 2.36. The summed E-state index contributed by atoms with van der Waals surface area (Å²) in [5.41, 5.74) is 1.53. The maximum absolute atomic E-state index is 13.0. The molecule has 26 heavy (non-hydrogen) atoms. The minimum absolute atomic E-state index is 0.233. The van der Waals surface area contributed by atoms with E-state index in [4.69, 9.17) is 14.2 Å². The van der Waals surface area contributed by atoms with Gasteiger partial charge in [0.2, 0.25) is 0 Å². The predicted molar refractivity (Wildman–Crippen MR) is 95.9 cm³/mol. The normalized spacial score (nSPS) is 18.0. The Morgan fingerprint density at radius 2 is 1.73 bits per heavy atom. The van der Waals surface area contributed by atoms with Crippen LogP contribution < -0.4 is 9.47 Å². The molecule has 0 spiro atoms. The molecular formula is C19H24N2O5. The van der Waals surface area contributed by atoms with E-state index in [1.54, 1.807) is 32.4 Å². The molecule has 0 radical (unpaired) electrons. The zero-order valence-corrected chi connectivity index (χ0v) is 15.4. The number of methoxy groups -OCH3 is 2. The summed E-state index contributed by atoms with van der Waals surface area (Å²) in [7, 11) is 3.10. The second-order valence-electron chi connectivity index (χ2n) is 6.15. The van der Waals surface area contributed by atoms with E-state index in [9.17, 15) is 9.59 Å². The van der Waals surface area contributed by atoms with Gasteiger partial charge in [0.25, 0.3) is 11.8 Å². The summed E-state index contributed by atoms with van der Waals surface area (Å²) < 4.78 is 16.0.